The molecule has 1 aliphatic rings. The van der Waals surface area contributed by atoms with E-state index in [4.69, 9.17) is 27.9 Å². The van der Waals surface area contributed by atoms with Gasteiger partial charge in [0, 0.05) is 5.02 Å². The van der Waals surface area contributed by atoms with Gasteiger partial charge in [0.25, 0.3) is 5.91 Å². The molecule has 1 aliphatic heterocycles. The van der Waals surface area contributed by atoms with Crippen LogP contribution in [0.15, 0.2) is 48.5 Å². The molecule has 0 spiro atoms. The summed E-state index contributed by atoms with van der Waals surface area (Å²) in [7, 11) is 0. The highest BCUT2D eigenvalue weighted by Gasteiger charge is 2.24. The zero-order valence-corrected chi connectivity index (χ0v) is 16.1. The number of rotatable bonds is 3. The summed E-state index contributed by atoms with van der Waals surface area (Å²) in [6, 6.07) is 14.8. The van der Waals surface area contributed by atoms with E-state index in [0.717, 1.165) is 16.8 Å². The maximum Gasteiger partial charge on any atom is 0.276 e. The summed E-state index contributed by atoms with van der Waals surface area (Å²) in [6.07, 6.45) is -0.128. The number of aryl methyl sites for hydroxylation is 1. The average molecular weight is 402 g/mol. The fraction of sp³-hybridized carbons (Fsp3) is 0.200. The van der Waals surface area contributed by atoms with Crippen molar-refractivity contribution in [2.75, 3.05) is 5.32 Å². The van der Waals surface area contributed by atoms with E-state index >= 15 is 0 Å². The van der Waals surface area contributed by atoms with E-state index in [2.05, 4.69) is 10.4 Å². The van der Waals surface area contributed by atoms with E-state index in [-0.39, 0.29) is 12.0 Å². The quantitative estimate of drug-likeness (QED) is 0.669. The summed E-state index contributed by atoms with van der Waals surface area (Å²) in [6.45, 7) is 2.87. The van der Waals surface area contributed by atoms with E-state index in [0.29, 0.717) is 34.6 Å². The fourth-order valence-corrected chi connectivity index (χ4v) is 3.43. The fourth-order valence-electron chi connectivity index (χ4n) is 3.02. The van der Waals surface area contributed by atoms with Gasteiger partial charge in [-0.15, -0.1) is 0 Å². The summed E-state index contributed by atoms with van der Waals surface area (Å²) in [5.74, 6) is -0.300. The molecule has 0 saturated carbocycles. The van der Waals surface area contributed by atoms with Crippen LogP contribution in [0.3, 0.4) is 0 Å². The van der Waals surface area contributed by atoms with E-state index in [1.54, 1.807) is 18.2 Å². The minimum absolute atomic E-state index is 0.128. The second kappa shape index (κ2) is 7.35. The summed E-state index contributed by atoms with van der Waals surface area (Å²) >= 11 is 12.1. The third-order valence-corrected chi connectivity index (χ3v) is 5.05. The highest BCUT2D eigenvalue weighted by atomic mass is 35.5. The number of nitrogens with one attached hydrogen (secondary N) is 1. The largest absolute Gasteiger partial charge is 0.365 e. The number of fused-ring (bicyclic) bond motifs is 1. The number of amides is 1. The van der Waals surface area contributed by atoms with Crippen molar-refractivity contribution in [3.63, 3.8) is 0 Å². The Labute approximate surface area is 166 Å². The van der Waals surface area contributed by atoms with Crippen molar-refractivity contribution in [1.82, 2.24) is 9.78 Å². The van der Waals surface area contributed by atoms with Crippen LogP contribution in [0.5, 0.6) is 0 Å². The van der Waals surface area contributed by atoms with E-state index in [1.807, 2.05) is 41.9 Å². The Hall–Kier alpha value is -2.34. The second-order valence-corrected chi connectivity index (χ2v) is 7.34. The number of hydrogen-bond donors (Lipinski definition) is 1. The summed E-state index contributed by atoms with van der Waals surface area (Å²) in [4.78, 5) is 12.6. The molecule has 1 amide bonds. The van der Waals surface area contributed by atoms with Gasteiger partial charge in [-0.05, 0) is 48.4 Å². The van der Waals surface area contributed by atoms with Gasteiger partial charge in [0.1, 0.15) is 6.10 Å². The molecule has 0 radical (unpaired) electrons. The second-order valence-electron chi connectivity index (χ2n) is 6.49. The minimum Gasteiger partial charge on any atom is -0.365 e. The first-order chi connectivity index (χ1) is 13.0. The van der Waals surface area contributed by atoms with Crippen LogP contribution in [0, 0.1) is 6.92 Å². The number of nitrogens with zero attached hydrogens (tertiary/aromatic N) is 2. The predicted molar refractivity (Wildman–Crippen MR) is 105 cm³/mol. The molecule has 0 aliphatic carbocycles. The number of anilines is 1. The molecule has 3 aromatic rings. The molecule has 138 valence electrons. The van der Waals surface area contributed by atoms with Gasteiger partial charge in [-0.3, -0.25) is 9.48 Å². The molecule has 0 bridgehead atoms. The van der Waals surface area contributed by atoms with Crippen LogP contribution in [0.4, 0.5) is 5.69 Å². The molecule has 2 aromatic carbocycles. The maximum absolute atomic E-state index is 12.6. The van der Waals surface area contributed by atoms with Crippen LogP contribution >= 0.6 is 23.2 Å². The lowest BCUT2D eigenvalue weighted by molar-refractivity contribution is -0.00118. The van der Waals surface area contributed by atoms with Crippen LogP contribution in [0.25, 0.3) is 0 Å². The van der Waals surface area contributed by atoms with Crippen molar-refractivity contribution < 1.29 is 9.53 Å². The molecule has 1 aromatic heterocycles. The van der Waals surface area contributed by atoms with Crippen molar-refractivity contribution in [2.24, 2.45) is 0 Å². The first-order valence-corrected chi connectivity index (χ1v) is 9.26. The number of halogens is 2. The molecule has 2 heterocycles. The number of benzene rings is 2. The summed E-state index contributed by atoms with van der Waals surface area (Å²) in [5.41, 5.74) is 3.81. The monoisotopic (exact) mass is 401 g/mol. The Morgan fingerprint density at radius 1 is 1.19 bits per heavy atom. The van der Waals surface area contributed by atoms with Crippen LogP contribution in [0.1, 0.15) is 33.4 Å². The molecule has 27 heavy (non-hydrogen) atoms. The molecular weight excluding hydrogens is 385 g/mol. The lowest BCUT2D eigenvalue weighted by Crippen LogP contribution is -2.22. The number of ether oxygens (including phenoxy) is 1. The van der Waals surface area contributed by atoms with Crippen molar-refractivity contribution in [3.8, 4) is 0 Å². The van der Waals surface area contributed by atoms with E-state index < -0.39 is 0 Å². The molecule has 4 rings (SSSR count). The van der Waals surface area contributed by atoms with Gasteiger partial charge in [0.15, 0.2) is 5.69 Å². The number of carbonyl (C=O) groups is 1. The Morgan fingerprint density at radius 2 is 1.96 bits per heavy atom. The van der Waals surface area contributed by atoms with Crippen molar-refractivity contribution in [1.29, 1.82) is 0 Å². The van der Waals surface area contributed by atoms with E-state index in [9.17, 15) is 4.79 Å². The van der Waals surface area contributed by atoms with Gasteiger partial charge in [-0.25, -0.2) is 0 Å². The van der Waals surface area contributed by atoms with E-state index in [1.165, 1.54) is 0 Å². The molecule has 5 nitrogen and oxygen atoms in total. The van der Waals surface area contributed by atoms with Crippen LogP contribution in [0.2, 0.25) is 10.0 Å². The Bertz CT molecular complexity index is 999. The van der Waals surface area contributed by atoms with Gasteiger partial charge < -0.3 is 10.1 Å². The smallest absolute Gasteiger partial charge is 0.276 e. The lowest BCUT2D eigenvalue weighted by atomic mass is 10.1. The number of carbonyl (C=O) groups excluding carboxylic acids is 1. The SMILES string of the molecule is Cc1ccc(NC(=O)c2cc3n(n2)CC(c2ccc(Cl)cc2)OC3)c(Cl)c1. The molecule has 1 N–H and O–H groups in total. The number of hydrogen-bond acceptors (Lipinski definition) is 3. The van der Waals surface area contributed by atoms with Gasteiger partial charge in [-0.1, -0.05) is 41.4 Å². The molecule has 7 heteroatoms. The first-order valence-electron chi connectivity index (χ1n) is 8.51. The third-order valence-electron chi connectivity index (χ3n) is 4.48. The van der Waals surface area contributed by atoms with Crippen molar-refractivity contribution >= 4 is 34.8 Å². The lowest BCUT2D eigenvalue weighted by Gasteiger charge is -2.24. The Kier molecular flexibility index (Phi) is 4.91. The van der Waals surface area contributed by atoms with Gasteiger partial charge in [0.2, 0.25) is 0 Å². The normalized spacial score (nSPS) is 16.0. The molecule has 0 saturated heterocycles. The first kappa shape index (κ1) is 18.0. The van der Waals surface area contributed by atoms with Crippen LogP contribution in [-0.2, 0) is 17.9 Å². The maximum atomic E-state index is 12.6. The average Bonchev–Trinajstić information content (AvgIpc) is 3.08. The standard InChI is InChI=1S/C20H17Cl2N3O2/c1-12-2-7-17(16(22)8-12)23-20(26)18-9-15-11-27-19(10-25(15)24-18)13-3-5-14(21)6-4-13/h2-9,19H,10-11H2,1H3,(H,23,26). The topological polar surface area (TPSA) is 56.2 Å². The molecule has 1 unspecified atom stereocenters. The minimum atomic E-state index is -0.300. The van der Waals surface area contributed by atoms with Gasteiger partial charge in [0.05, 0.1) is 29.6 Å². The summed E-state index contributed by atoms with van der Waals surface area (Å²) < 4.78 is 7.73. The van der Waals surface area contributed by atoms with Crippen LogP contribution in [-0.4, -0.2) is 15.7 Å². The Morgan fingerprint density at radius 3 is 2.70 bits per heavy atom. The highest BCUT2D eigenvalue weighted by Crippen LogP contribution is 2.28. The molecule has 1 atom stereocenters. The van der Waals surface area contributed by atoms with Crippen molar-refractivity contribution in [2.45, 2.75) is 26.2 Å². The Balaban J connectivity index is 1.51. The number of aromatic nitrogens is 2. The predicted octanol–water partition coefficient (Wildman–Crippen LogP) is 5.02. The highest BCUT2D eigenvalue weighted by molar-refractivity contribution is 6.34. The third kappa shape index (κ3) is 3.86. The molecule has 0 fully saturated rings. The zero-order chi connectivity index (χ0) is 19.0. The molecular formula is C20H17Cl2N3O2. The zero-order valence-electron chi connectivity index (χ0n) is 14.6. The summed E-state index contributed by atoms with van der Waals surface area (Å²) in [5, 5.41) is 8.43. The van der Waals surface area contributed by atoms with Gasteiger partial charge in [-0.2, -0.15) is 5.10 Å². The van der Waals surface area contributed by atoms with Crippen LogP contribution < -0.4 is 5.32 Å². The van der Waals surface area contributed by atoms with Crippen molar-refractivity contribution in [3.05, 3.63) is 81.1 Å². The van der Waals surface area contributed by atoms with Gasteiger partial charge >= 0.3 is 0 Å².